The van der Waals surface area contributed by atoms with E-state index in [0.29, 0.717) is 19.0 Å². The van der Waals surface area contributed by atoms with Crippen LogP contribution in [0.25, 0.3) is 0 Å². The van der Waals surface area contributed by atoms with Crippen LogP contribution >= 0.6 is 0 Å². The smallest absolute Gasteiger partial charge is 0.247 e. The van der Waals surface area contributed by atoms with E-state index in [2.05, 4.69) is 44.0 Å². The highest BCUT2D eigenvalue weighted by Crippen LogP contribution is 2.17. The molecule has 0 unspecified atom stereocenters. The van der Waals surface area contributed by atoms with Gasteiger partial charge in [0, 0.05) is 39.3 Å². The van der Waals surface area contributed by atoms with Crippen molar-refractivity contribution in [3.8, 4) is 0 Å². The first kappa shape index (κ1) is 16.2. The molecule has 0 N–H and O–H groups in total. The van der Waals surface area contributed by atoms with Crippen molar-refractivity contribution in [2.45, 2.75) is 13.5 Å². The molecule has 1 amide bonds. The first-order chi connectivity index (χ1) is 11.8. The average Bonchev–Trinajstić information content (AvgIpc) is 2.67. The molecule has 0 spiro atoms. The van der Waals surface area contributed by atoms with E-state index < -0.39 is 0 Å². The minimum atomic E-state index is 0.636. The lowest BCUT2D eigenvalue weighted by Crippen LogP contribution is -2.46. The number of hydrogen-bond acceptors (Lipinski definition) is 6. The summed E-state index contributed by atoms with van der Waals surface area (Å²) in [5, 5.41) is 8.33. The van der Waals surface area contributed by atoms with Crippen LogP contribution in [0.5, 0.6) is 0 Å². The second-order valence-electron chi connectivity index (χ2n) is 5.74. The molecule has 1 aromatic heterocycles. The van der Waals surface area contributed by atoms with Gasteiger partial charge in [-0.3, -0.25) is 4.79 Å². The lowest BCUT2D eigenvalue weighted by atomic mass is 10.2. The summed E-state index contributed by atoms with van der Waals surface area (Å²) >= 11 is 0. The Kier molecular flexibility index (Phi) is 5.20. The molecule has 0 aliphatic carbocycles. The second-order valence-corrected chi connectivity index (χ2v) is 5.74. The first-order valence-electron chi connectivity index (χ1n) is 8.23. The van der Waals surface area contributed by atoms with Crippen LogP contribution in [0.4, 0.5) is 11.8 Å². The Labute approximate surface area is 141 Å². The van der Waals surface area contributed by atoms with E-state index in [4.69, 9.17) is 0 Å². The van der Waals surface area contributed by atoms with Crippen LogP contribution in [0, 0.1) is 0 Å². The van der Waals surface area contributed by atoms with Gasteiger partial charge in [0.05, 0.1) is 6.20 Å². The topological polar surface area (TPSA) is 65.5 Å². The van der Waals surface area contributed by atoms with E-state index in [1.165, 1.54) is 5.56 Å². The third-order valence-corrected chi connectivity index (χ3v) is 4.20. The third kappa shape index (κ3) is 3.79. The van der Waals surface area contributed by atoms with Gasteiger partial charge in [0.2, 0.25) is 12.4 Å². The Morgan fingerprint density at radius 1 is 1.17 bits per heavy atom. The molecule has 2 aromatic rings. The number of nitrogens with zero attached hydrogens (tertiary/aromatic N) is 6. The maximum absolute atomic E-state index is 10.8. The Hall–Kier alpha value is -2.70. The number of aromatic nitrogens is 3. The lowest BCUT2D eigenvalue weighted by molar-refractivity contribution is -0.118. The summed E-state index contributed by atoms with van der Waals surface area (Å²) in [6.07, 6.45) is 2.59. The number of hydrogen-bond donors (Lipinski definition) is 0. The molecule has 1 aliphatic heterocycles. The van der Waals surface area contributed by atoms with Crippen LogP contribution in [0.2, 0.25) is 0 Å². The van der Waals surface area contributed by atoms with Crippen molar-refractivity contribution in [2.75, 3.05) is 42.5 Å². The monoisotopic (exact) mass is 326 g/mol. The largest absolute Gasteiger partial charge is 0.352 e. The molecule has 1 fully saturated rings. The number of rotatable bonds is 6. The van der Waals surface area contributed by atoms with Crippen LogP contribution in [0.3, 0.4) is 0 Å². The maximum atomic E-state index is 10.8. The fourth-order valence-corrected chi connectivity index (χ4v) is 2.76. The highest BCUT2D eigenvalue weighted by molar-refractivity contribution is 5.49. The van der Waals surface area contributed by atoms with Gasteiger partial charge in [-0.25, -0.2) is 0 Å². The van der Waals surface area contributed by atoms with Crippen LogP contribution in [-0.2, 0) is 11.3 Å². The molecule has 1 aliphatic rings. The van der Waals surface area contributed by atoms with Crippen LogP contribution in [0.15, 0.2) is 36.5 Å². The molecule has 1 saturated heterocycles. The molecule has 0 bridgehead atoms. The van der Waals surface area contributed by atoms with Crippen molar-refractivity contribution in [1.82, 2.24) is 20.1 Å². The maximum Gasteiger partial charge on any atom is 0.247 e. The van der Waals surface area contributed by atoms with E-state index >= 15 is 0 Å². The molecule has 0 atom stereocenters. The highest BCUT2D eigenvalue weighted by atomic mass is 16.1. The number of carbonyl (C=O) groups excluding carboxylic acids is 1. The van der Waals surface area contributed by atoms with Crippen molar-refractivity contribution < 1.29 is 4.79 Å². The van der Waals surface area contributed by atoms with E-state index in [9.17, 15) is 4.79 Å². The zero-order valence-corrected chi connectivity index (χ0v) is 13.9. The fraction of sp³-hybridized carbons (Fsp3) is 0.412. The molecule has 1 aromatic carbocycles. The Balaban J connectivity index is 1.73. The standard InChI is InChI=1S/C17H22N6O/c1-2-22(13-15-6-4-3-5-7-15)17-19-16(12-18-20-17)23-10-8-21(14-24)9-11-23/h3-7,12,14H,2,8-11,13H2,1H3. The summed E-state index contributed by atoms with van der Waals surface area (Å²) < 4.78 is 0. The van der Waals surface area contributed by atoms with Gasteiger partial charge in [0.1, 0.15) is 0 Å². The van der Waals surface area contributed by atoms with Gasteiger partial charge in [-0.2, -0.15) is 10.1 Å². The zero-order chi connectivity index (χ0) is 16.8. The summed E-state index contributed by atoms with van der Waals surface area (Å²) in [6.45, 7) is 6.60. The molecule has 2 heterocycles. The van der Waals surface area contributed by atoms with Gasteiger partial charge in [-0.05, 0) is 12.5 Å². The van der Waals surface area contributed by atoms with Gasteiger partial charge >= 0.3 is 0 Å². The van der Waals surface area contributed by atoms with Crippen molar-refractivity contribution in [3.05, 3.63) is 42.1 Å². The van der Waals surface area contributed by atoms with Gasteiger partial charge in [-0.15, -0.1) is 5.10 Å². The summed E-state index contributed by atoms with van der Waals surface area (Å²) in [6, 6.07) is 10.3. The minimum Gasteiger partial charge on any atom is -0.352 e. The Morgan fingerprint density at radius 3 is 2.58 bits per heavy atom. The number of amides is 1. The quantitative estimate of drug-likeness (QED) is 0.743. The van der Waals surface area contributed by atoms with Crippen LogP contribution in [-0.4, -0.2) is 59.2 Å². The van der Waals surface area contributed by atoms with E-state index in [0.717, 1.165) is 38.4 Å². The molecular formula is C17H22N6O. The molecule has 126 valence electrons. The molecule has 24 heavy (non-hydrogen) atoms. The number of benzene rings is 1. The van der Waals surface area contributed by atoms with E-state index in [1.807, 2.05) is 18.2 Å². The van der Waals surface area contributed by atoms with E-state index in [1.54, 1.807) is 11.1 Å². The Bertz CT molecular complexity index is 657. The van der Waals surface area contributed by atoms with Gasteiger partial charge in [-0.1, -0.05) is 30.3 Å². The molecule has 0 radical (unpaired) electrons. The summed E-state index contributed by atoms with van der Waals surface area (Å²) in [7, 11) is 0. The van der Waals surface area contributed by atoms with Crippen molar-refractivity contribution >= 4 is 18.2 Å². The normalized spacial score (nSPS) is 14.5. The molecular weight excluding hydrogens is 304 g/mol. The molecule has 3 rings (SSSR count). The Morgan fingerprint density at radius 2 is 1.92 bits per heavy atom. The van der Waals surface area contributed by atoms with E-state index in [-0.39, 0.29) is 0 Å². The third-order valence-electron chi connectivity index (χ3n) is 4.20. The number of piperazine rings is 1. The second kappa shape index (κ2) is 7.72. The molecule has 7 nitrogen and oxygen atoms in total. The summed E-state index contributed by atoms with van der Waals surface area (Å²) in [4.78, 5) is 21.5. The average molecular weight is 326 g/mol. The first-order valence-corrected chi connectivity index (χ1v) is 8.23. The summed E-state index contributed by atoms with van der Waals surface area (Å²) in [5.74, 6) is 1.45. The van der Waals surface area contributed by atoms with Crippen molar-refractivity contribution in [1.29, 1.82) is 0 Å². The predicted molar refractivity (Wildman–Crippen MR) is 92.8 cm³/mol. The fourth-order valence-electron chi connectivity index (χ4n) is 2.76. The van der Waals surface area contributed by atoms with Gasteiger partial charge in [0.25, 0.3) is 0 Å². The predicted octanol–water partition coefficient (Wildman–Crippen LogP) is 1.18. The number of carbonyl (C=O) groups is 1. The highest BCUT2D eigenvalue weighted by Gasteiger charge is 2.18. The minimum absolute atomic E-state index is 0.636. The molecule has 0 saturated carbocycles. The van der Waals surface area contributed by atoms with Crippen molar-refractivity contribution in [2.24, 2.45) is 0 Å². The van der Waals surface area contributed by atoms with Crippen LogP contribution in [0.1, 0.15) is 12.5 Å². The lowest BCUT2D eigenvalue weighted by Gasteiger charge is -2.33. The van der Waals surface area contributed by atoms with Gasteiger partial charge < -0.3 is 14.7 Å². The van der Waals surface area contributed by atoms with Crippen LogP contribution < -0.4 is 9.80 Å². The zero-order valence-electron chi connectivity index (χ0n) is 13.9. The SMILES string of the molecule is CCN(Cc1ccccc1)c1nncc(N2CCN(C=O)CC2)n1. The number of anilines is 2. The van der Waals surface area contributed by atoms with Crippen molar-refractivity contribution in [3.63, 3.8) is 0 Å². The summed E-state index contributed by atoms with van der Waals surface area (Å²) in [5.41, 5.74) is 1.22. The van der Waals surface area contributed by atoms with Gasteiger partial charge in [0.15, 0.2) is 5.82 Å². The molecule has 7 heteroatoms.